The maximum atomic E-state index is 4.90. The van der Waals surface area contributed by atoms with E-state index in [1.54, 1.807) is 0 Å². The summed E-state index contributed by atoms with van der Waals surface area (Å²) in [6, 6.07) is 4.86. The Bertz CT molecular complexity index is 634. The highest BCUT2D eigenvalue weighted by Crippen LogP contribution is 2.33. The van der Waals surface area contributed by atoms with Gasteiger partial charge in [0.2, 0.25) is 0 Å². The summed E-state index contributed by atoms with van der Waals surface area (Å²) < 4.78 is 2.12. The molecule has 1 atom stereocenters. The van der Waals surface area contributed by atoms with Crippen molar-refractivity contribution in [1.29, 1.82) is 0 Å². The third-order valence-electron chi connectivity index (χ3n) is 5.04. The molecule has 1 aliphatic carbocycles. The van der Waals surface area contributed by atoms with E-state index in [4.69, 9.17) is 10.1 Å². The second kappa shape index (κ2) is 5.41. The van der Waals surface area contributed by atoms with E-state index in [1.165, 1.54) is 56.3 Å². The zero-order valence-corrected chi connectivity index (χ0v) is 12.8. The van der Waals surface area contributed by atoms with Gasteiger partial charge in [0.1, 0.15) is 0 Å². The van der Waals surface area contributed by atoms with Gasteiger partial charge in [0, 0.05) is 23.4 Å². The van der Waals surface area contributed by atoms with Gasteiger partial charge in [-0.25, -0.2) is 9.50 Å². The molecule has 1 saturated heterocycles. The third kappa shape index (κ3) is 2.46. The second-order valence-corrected chi connectivity index (χ2v) is 6.65. The first-order valence-corrected chi connectivity index (χ1v) is 8.42. The summed E-state index contributed by atoms with van der Waals surface area (Å²) in [5, 5.41) is 8.45. The Kier molecular flexibility index (Phi) is 3.42. The van der Waals surface area contributed by atoms with Gasteiger partial charge in [-0.15, -0.1) is 0 Å². The van der Waals surface area contributed by atoms with Crippen LogP contribution in [-0.2, 0) is 0 Å². The first-order chi connectivity index (χ1) is 10.3. The van der Waals surface area contributed by atoms with Crippen molar-refractivity contribution in [3.8, 4) is 0 Å². The van der Waals surface area contributed by atoms with E-state index in [0.717, 1.165) is 17.9 Å². The molecule has 2 aromatic heterocycles. The van der Waals surface area contributed by atoms with Crippen molar-refractivity contribution < 1.29 is 0 Å². The number of fused-ring (bicyclic) bond motifs is 1. The normalized spacial score (nSPS) is 24.0. The molecule has 4 rings (SSSR count). The molecular weight excluding hydrogens is 260 g/mol. The van der Waals surface area contributed by atoms with Crippen molar-refractivity contribution in [1.82, 2.24) is 19.9 Å². The van der Waals surface area contributed by atoms with Crippen molar-refractivity contribution in [2.45, 2.75) is 63.8 Å². The predicted octanol–water partition coefficient (Wildman–Crippen LogP) is 3.51. The Balaban J connectivity index is 1.77. The van der Waals surface area contributed by atoms with Gasteiger partial charge < -0.3 is 5.32 Å². The number of rotatable bonds is 2. The number of hydrogen-bond donors (Lipinski definition) is 1. The summed E-state index contributed by atoms with van der Waals surface area (Å²) in [5.41, 5.74) is 4.69. The van der Waals surface area contributed by atoms with Crippen LogP contribution in [0.15, 0.2) is 12.1 Å². The lowest BCUT2D eigenvalue weighted by molar-refractivity contribution is 0.429. The van der Waals surface area contributed by atoms with Gasteiger partial charge >= 0.3 is 0 Å². The molecule has 2 aliphatic rings. The molecule has 0 bridgehead atoms. The molecule has 4 heteroatoms. The van der Waals surface area contributed by atoms with E-state index in [-0.39, 0.29) is 0 Å². The van der Waals surface area contributed by atoms with Gasteiger partial charge in [0.15, 0.2) is 5.65 Å². The Morgan fingerprint density at radius 3 is 2.71 bits per heavy atom. The summed E-state index contributed by atoms with van der Waals surface area (Å²) >= 11 is 0. The van der Waals surface area contributed by atoms with Crippen LogP contribution in [0.3, 0.4) is 0 Å². The summed E-state index contributed by atoms with van der Waals surface area (Å²) in [6.45, 7) is 3.22. The van der Waals surface area contributed by atoms with Gasteiger partial charge in [0.05, 0.1) is 11.7 Å². The van der Waals surface area contributed by atoms with E-state index < -0.39 is 0 Å². The zero-order valence-electron chi connectivity index (χ0n) is 12.8. The van der Waals surface area contributed by atoms with Gasteiger partial charge in [-0.05, 0) is 45.2 Å². The molecule has 1 unspecified atom stereocenters. The first-order valence-electron chi connectivity index (χ1n) is 8.42. The smallest absolute Gasteiger partial charge is 0.155 e. The molecule has 0 spiro atoms. The van der Waals surface area contributed by atoms with Crippen LogP contribution in [0.25, 0.3) is 5.65 Å². The molecular formula is C17H24N4. The summed E-state index contributed by atoms with van der Waals surface area (Å²) in [6.07, 6.45) is 9.14. The Morgan fingerprint density at radius 1 is 1.10 bits per heavy atom. The first kappa shape index (κ1) is 13.3. The van der Waals surface area contributed by atoms with Gasteiger partial charge in [-0.3, -0.25) is 0 Å². The van der Waals surface area contributed by atoms with Crippen molar-refractivity contribution >= 4 is 5.65 Å². The van der Waals surface area contributed by atoms with Gasteiger partial charge in [0.25, 0.3) is 0 Å². The molecule has 2 aromatic rings. The standard InChI is InChI=1S/C17H24N4/c1-12-10-16(13-6-3-2-4-7-13)21-17(19-12)11-15(20-21)14-8-5-9-18-14/h10-11,13-14,18H,2-9H2,1H3. The Labute approximate surface area is 126 Å². The predicted molar refractivity (Wildman–Crippen MR) is 83.5 cm³/mol. The fraction of sp³-hybridized carbons (Fsp3) is 0.647. The van der Waals surface area contributed by atoms with Crippen LogP contribution >= 0.6 is 0 Å². The number of nitrogens with one attached hydrogen (secondary N) is 1. The average molecular weight is 284 g/mol. The lowest BCUT2D eigenvalue weighted by Gasteiger charge is -2.22. The van der Waals surface area contributed by atoms with Crippen molar-refractivity contribution in [3.05, 3.63) is 29.2 Å². The molecule has 21 heavy (non-hydrogen) atoms. The molecule has 2 fully saturated rings. The van der Waals surface area contributed by atoms with Crippen molar-refractivity contribution in [3.63, 3.8) is 0 Å². The van der Waals surface area contributed by atoms with Crippen LogP contribution in [0, 0.1) is 6.92 Å². The molecule has 1 N–H and O–H groups in total. The van der Waals surface area contributed by atoms with Crippen LogP contribution in [0.5, 0.6) is 0 Å². The highest BCUT2D eigenvalue weighted by molar-refractivity contribution is 5.43. The number of aryl methyl sites for hydroxylation is 1. The molecule has 1 aliphatic heterocycles. The maximum Gasteiger partial charge on any atom is 0.155 e. The highest BCUT2D eigenvalue weighted by atomic mass is 15.3. The number of nitrogens with zero attached hydrogens (tertiary/aromatic N) is 3. The lowest BCUT2D eigenvalue weighted by Crippen LogP contribution is -2.14. The Hall–Kier alpha value is -1.42. The molecule has 112 valence electrons. The van der Waals surface area contributed by atoms with Crippen LogP contribution in [0.2, 0.25) is 0 Å². The van der Waals surface area contributed by atoms with Crippen LogP contribution in [0.4, 0.5) is 0 Å². The summed E-state index contributed by atoms with van der Waals surface area (Å²) in [7, 11) is 0. The molecule has 1 saturated carbocycles. The minimum atomic E-state index is 0.422. The van der Waals surface area contributed by atoms with Crippen molar-refractivity contribution in [2.75, 3.05) is 6.54 Å². The molecule has 0 radical (unpaired) electrons. The quantitative estimate of drug-likeness (QED) is 0.917. The van der Waals surface area contributed by atoms with E-state index in [2.05, 4.69) is 28.9 Å². The SMILES string of the molecule is Cc1cc(C2CCCCC2)n2nc(C3CCCN3)cc2n1. The fourth-order valence-corrected chi connectivity index (χ4v) is 3.94. The van der Waals surface area contributed by atoms with Crippen molar-refractivity contribution in [2.24, 2.45) is 0 Å². The topological polar surface area (TPSA) is 42.2 Å². The van der Waals surface area contributed by atoms with Crippen LogP contribution in [-0.4, -0.2) is 21.1 Å². The molecule has 3 heterocycles. The monoisotopic (exact) mass is 284 g/mol. The minimum absolute atomic E-state index is 0.422. The number of aromatic nitrogens is 3. The number of hydrogen-bond acceptors (Lipinski definition) is 3. The zero-order chi connectivity index (χ0) is 14.2. The molecule has 0 amide bonds. The minimum Gasteiger partial charge on any atom is -0.309 e. The average Bonchev–Trinajstić information content (AvgIpc) is 3.16. The molecule has 4 nitrogen and oxygen atoms in total. The van der Waals surface area contributed by atoms with E-state index in [9.17, 15) is 0 Å². The Morgan fingerprint density at radius 2 is 1.95 bits per heavy atom. The molecule has 0 aromatic carbocycles. The largest absolute Gasteiger partial charge is 0.309 e. The summed E-state index contributed by atoms with van der Waals surface area (Å²) in [4.78, 5) is 4.70. The third-order valence-corrected chi connectivity index (χ3v) is 5.04. The summed E-state index contributed by atoms with van der Waals surface area (Å²) in [5.74, 6) is 0.659. The van der Waals surface area contributed by atoms with Crippen LogP contribution < -0.4 is 5.32 Å². The van der Waals surface area contributed by atoms with Gasteiger partial charge in [-0.2, -0.15) is 5.10 Å². The maximum absolute atomic E-state index is 4.90. The highest BCUT2D eigenvalue weighted by Gasteiger charge is 2.23. The van der Waals surface area contributed by atoms with E-state index >= 15 is 0 Å². The second-order valence-electron chi connectivity index (χ2n) is 6.65. The fourth-order valence-electron chi connectivity index (χ4n) is 3.94. The lowest BCUT2D eigenvalue weighted by atomic mass is 9.86. The van der Waals surface area contributed by atoms with E-state index in [1.807, 2.05) is 0 Å². The van der Waals surface area contributed by atoms with Crippen LogP contribution in [0.1, 0.15) is 74.0 Å². The van der Waals surface area contributed by atoms with Gasteiger partial charge in [-0.1, -0.05) is 19.3 Å². The van der Waals surface area contributed by atoms with E-state index in [0.29, 0.717) is 12.0 Å².